The lowest BCUT2D eigenvalue weighted by Crippen LogP contribution is -2.37. The number of hydrogen-bond donors (Lipinski definition) is 2. The van der Waals surface area contributed by atoms with Gasteiger partial charge in [-0.25, -0.2) is 9.18 Å². The number of methoxy groups -OCH3 is 1. The van der Waals surface area contributed by atoms with Gasteiger partial charge in [-0.15, -0.1) is 0 Å². The third-order valence-electron chi connectivity index (χ3n) is 2.51. The highest BCUT2D eigenvalue weighted by atomic mass is 19.1. The minimum atomic E-state index is -0.487. The summed E-state index contributed by atoms with van der Waals surface area (Å²) in [7, 11) is 1.43. The molecule has 0 heterocycles. The van der Waals surface area contributed by atoms with Crippen molar-refractivity contribution in [3.05, 3.63) is 24.0 Å². The third-order valence-corrected chi connectivity index (χ3v) is 2.51. The molecule has 1 rings (SSSR count). The summed E-state index contributed by atoms with van der Waals surface area (Å²) in [5, 5.41) is 11.5. The number of carbonyl (C=O) groups is 1. The molecule has 0 aliphatic heterocycles. The Labute approximate surface area is 112 Å². The van der Waals surface area contributed by atoms with Gasteiger partial charge in [0, 0.05) is 30.9 Å². The van der Waals surface area contributed by atoms with E-state index < -0.39 is 5.82 Å². The second-order valence-corrected chi connectivity index (χ2v) is 4.02. The Balaban J connectivity index is 2.76. The predicted molar refractivity (Wildman–Crippen MR) is 70.9 cm³/mol. The van der Waals surface area contributed by atoms with Crippen LogP contribution in [0, 0.1) is 5.82 Å². The molecule has 106 valence electrons. The van der Waals surface area contributed by atoms with E-state index in [0.29, 0.717) is 18.0 Å². The van der Waals surface area contributed by atoms with E-state index in [2.05, 4.69) is 5.32 Å². The normalized spacial score (nSPS) is 10.1. The molecule has 0 aliphatic rings. The fraction of sp³-hybridized carbons (Fsp3) is 0.462. The molecule has 6 heteroatoms. The maximum Gasteiger partial charge on any atom is 0.321 e. The van der Waals surface area contributed by atoms with Crippen LogP contribution in [0.25, 0.3) is 0 Å². The fourth-order valence-electron chi connectivity index (χ4n) is 1.66. The highest BCUT2D eigenvalue weighted by Crippen LogP contribution is 2.20. The van der Waals surface area contributed by atoms with Crippen molar-refractivity contribution < 1.29 is 19.0 Å². The van der Waals surface area contributed by atoms with Gasteiger partial charge in [0.25, 0.3) is 0 Å². The molecule has 0 spiro atoms. The maximum absolute atomic E-state index is 13.3. The second-order valence-electron chi connectivity index (χ2n) is 4.02. The molecule has 0 aliphatic carbocycles. The zero-order valence-corrected chi connectivity index (χ0v) is 11.1. The molecular formula is C13H19FN2O3. The number of benzene rings is 1. The van der Waals surface area contributed by atoms with Crippen LogP contribution in [0.1, 0.15) is 13.3 Å². The van der Waals surface area contributed by atoms with E-state index in [4.69, 9.17) is 9.84 Å². The van der Waals surface area contributed by atoms with E-state index in [9.17, 15) is 9.18 Å². The van der Waals surface area contributed by atoms with Gasteiger partial charge in [0.1, 0.15) is 11.6 Å². The first-order valence-electron chi connectivity index (χ1n) is 6.12. The zero-order valence-electron chi connectivity index (χ0n) is 11.1. The Morgan fingerprint density at radius 2 is 2.16 bits per heavy atom. The number of halogens is 1. The van der Waals surface area contributed by atoms with Gasteiger partial charge >= 0.3 is 6.03 Å². The number of carbonyl (C=O) groups excluding carboxylic acids is 1. The third kappa shape index (κ3) is 4.75. The summed E-state index contributed by atoms with van der Waals surface area (Å²) in [6.45, 7) is 2.59. The monoisotopic (exact) mass is 270 g/mol. The Hall–Kier alpha value is -1.82. The minimum Gasteiger partial charge on any atom is -0.497 e. The molecule has 0 saturated carbocycles. The lowest BCUT2D eigenvalue weighted by molar-refractivity contribution is 0.188. The average molecular weight is 270 g/mol. The molecule has 0 fully saturated rings. The summed E-state index contributed by atoms with van der Waals surface area (Å²) in [4.78, 5) is 13.4. The molecule has 19 heavy (non-hydrogen) atoms. The van der Waals surface area contributed by atoms with Crippen LogP contribution in [0.15, 0.2) is 18.2 Å². The molecule has 0 bridgehead atoms. The van der Waals surface area contributed by atoms with Crippen molar-refractivity contribution in [3.8, 4) is 5.75 Å². The van der Waals surface area contributed by atoms with Crippen molar-refractivity contribution >= 4 is 11.7 Å². The molecule has 0 aromatic heterocycles. The largest absolute Gasteiger partial charge is 0.497 e. The number of nitrogens with one attached hydrogen (secondary N) is 1. The number of amides is 2. The van der Waals surface area contributed by atoms with Crippen LogP contribution < -0.4 is 10.1 Å². The van der Waals surface area contributed by atoms with Crippen molar-refractivity contribution in [1.82, 2.24) is 4.90 Å². The van der Waals surface area contributed by atoms with Gasteiger partial charge < -0.3 is 20.1 Å². The molecule has 1 aromatic rings. The molecule has 2 amide bonds. The minimum absolute atomic E-state index is 0.111. The lowest BCUT2D eigenvalue weighted by atomic mass is 10.3. The second kappa shape index (κ2) is 7.58. The standard InChI is InChI=1S/C13H19FN2O3/c1-3-4-16(5-6-17)13(18)15-11-7-10(14)8-12(9-11)19-2/h7-9,17H,3-6H2,1-2H3,(H,15,18). The fourth-order valence-corrected chi connectivity index (χ4v) is 1.66. The van der Waals surface area contributed by atoms with E-state index in [-0.39, 0.29) is 19.2 Å². The van der Waals surface area contributed by atoms with Crippen molar-refractivity contribution in [1.29, 1.82) is 0 Å². The highest BCUT2D eigenvalue weighted by Gasteiger charge is 2.13. The van der Waals surface area contributed by atoms with Crippen LogP contribution in [0.3, 0.4) is 0 Å². The number of rotatable bonds is 6. The van der Waals surface area contributed by atoms with Crippen molar-refractivity contribution in [2.45, 2.75) is 13.3 Å². The Morgan fingerprint density at radius 1 is 1.42 bits per heavy atom. The smallest absolute Gasteiger partial charge is 0.321 e. The highest BCUT2D eigenvalue weighted by molar-refractivity contribution is 5.89. The van der Waals surface area contributed by atoms with Crippen LogP contribution in [-0.2, 0) is 0 Å². The van der Waals surface area contributed by atoms with Gasteiger partial charge in [-0.3, -0.25) is 0 Å². The Bertz CT molecular complexity index is 420. The number of urea groups is 1. The molecule has 5 nitrogen and oxygen atoms in total. The number of nitrogens with zero attached hydrogens (tertiary/aromatic N) is 1. The molecule has 0 radical (unpaired) electrons. The molecular weight excluding hydrogens is 251 g/mol. The first-order valence-corrected chi connectivity index (χ1v) is 6.12. The summed E-state index contributed by atoms with van der Waals surface area (Å²) in [6, 6.07) is 3.60. The van der Waals surface area contributed by atoms with Gasteiger partial charge in [0.05, 0.1) is 13.7 Å². The Kier molecular flexibility index (Phi) is 6.08. The summed E-state index contributed by atoms with van der Waals surface area (Å²) < 4.78 is 18.2. The van der Waals surface area contributed by atoms with Crippen LogP contribution in [0.2, 0.25) is 0 Å². The molecule has 0 unspecified atom stereocenters. The number of aliphatic hydroxyl groups is 1. The summed E-state index contributed by atoms with van der Waals surface area (Å²) in [6.07, 6.45) is 0.778. The van der Waals surface area contributed by atoms with Gasteiger partial charge in [-0.1, -0.05) is 6.92 Å². The van der Waals surface area contributed by atoms with Gasteiger partial charge in [-0.2, -0.15) is 0 Å². The van der Waals surface area contributed by atoms with Gasteiger partial charge in [0.15, 0.2) is 0 Å². The molecule has 0 saturated heterocycles. The van der Waals surface area contributed by atoms with Gasteiger partial charge in [0.2, 0.25) is 0 Å². The number of anilines is 1. The summed E-state index contributed by atoms with van der Waals surface area (Å²) >= 11 is 0. The molecule has 2 N–H and O–H groups in total. The maximum atomic E-state index is 13.3. The van der Waals surface area contributed by atoms with Crippen molar-refractivity contribution in [2.24, 2.45) is 0 Å². The molecule has 0 atom stereocenters. The van der Waals surface area contributed by atoms with Crippen molar-refractivity contribution in [2.75, 3.05) is 32.1 Å². The Morgan fingerprint density at radius 3 is 2.74 bits per heavy atom. The van der Waals surface area contributed by atoms with Gasteiger partial charge in [-0.05, 0) is 12.5 Å². The first-order chi connectivity index (χ1) is 9.10. The van der Waals surface area contributed by atoms with Crippen molar-refractivity contribution in [3.63, 3.8) is 0 Å². The van der Waals surface area contributed by atoms with Crippen LogP contribution in [-0.4, -0.2) is 42.8 Å². The van der Waals surface area contributed by atoms with Crippen LogP contribution in [0.4, 0.5) is 14.9 Å². The SMILES string of the molecule is CCCN(CCO)C(=O)Nc1cc(F)cc(OC)c1. The zero-order chi connectivity index (χ0) is 14.3. The molecule has 1 aromatic carbocycles. The summed E-state index contributed by atoms with van der Waals surface area (Å²) in [5.41, 5.74) is 0.320. The van der Waals surface area contributed by atoms with E-state index in [0.717, 1.165) is 6.42 Å². The van der Waals surface area contributed by atoms with E-state index in [1.807, 2.05) is 6.92 Å². The predicted octanol–water partition coefficient (Wildman–Crippen LogP) is 2.07. The number of aliphatic hydroxyl groups excluding tert-OH is 1. The quantitative estimate of drug-likeness (QED) is 0.832. The van der Waals surface area contributed by atoms with E-state index >= 15 is 0 Å². The first kappa shape index (κ1) is 15.2. The lowest BCUT2D eigenvalue weighted by Gasteiger charge is -2.21. The topological polar surface area (TPSA) is 61.8 Å². The average Bonchev–Trinajstić information content (AvgIpc) is 2.37. The number of hydrogen-bond acceptors (Lipinski definition) is 3. The number of ether oxygens (including phenoxy) is 1. The van der Waals surface area contributed by atoms with Crippen LogP contribution >= 0.6 is 0 Å². The van der Waals surface area contributed by atoms with E-state index in [1.165, 1.54) is 30.2 Å². The summed E-state index contributed by atoms with van der Waals surface area (Å²) in [5.74, 6) is -0.154. The van der Waals surface area contributed by atoms with Crippen LogP contribution in [0.5, 0.6) is 5.75 Å². The van der Waals surface area contributed by atoms with E-state index in [1.54, 1.807) is 0 Å².